The molecule has 0 aliphatic carbocycles. The molecule has 0 heterocycles. The molecule has 0 bridgehead atoms. The molecule has 0 aromatic heterocycles. The highest BCUT2D eigenvalue weighted by atomic mass is 19.1. The van der Waals surface area contributed by atoms with Crippen LogP contribution in [0.15, 0.2) is 18.2 Å². The fourth-order valence-electron chi connectivity index (χ4n) is 1.18. The van der Waals surface area contributed by atoms with Gasteiger partial charge in [0.1, 0.15) is 11.6 Å². The second-order valence-corrected chi connectivity index (χ2v) is 2.77. The largest absolute Gasteiger partial charge is 0.494 e. The van der Waals surface area contributed by atoms with Crippen LogP contribution >= 0.6 is 0 Å². The van der Waals surface area contributed by atoms with E-state index < -0.39 is 0 Å². The highest BCUT2D eigenvalue weighted by molar-refractivity contribution is 5.29. The summed E-state index contributed by atoms with van der Waals surface area (Å²) in [5.74, 6) is 0.306. The smallest absolute Gasteiger partial charge is 0.127 e. The molecular formula is C10H14FNO. The van der Waals surface area contributed by atoms with E-state index in [0.717, 1.165) is 5.56 Å². The van der Waals surface area contributed by atoms with E-state index in [4.69, 9.17) is 10.5 Å². The molecule has 1 aromatic rings. The number of nitrogens with two attached hydrogens (primary N) is 1. The van der Waals surface area contributed by atoms with Crippen molar-refractivity contribution in [3.05, 3.63) is 29.6 Å². The van der Waals surface area contributed by atoms with Gasteiger partial charge in [-0.05, 0) is 37.6 Å². The zero-order valence-electron chi connectivity index (χ0n) is 7.72. The Bertz CT molecular complexity index is 251. The van der Waals surface area contributed by atoms with Gasteiger partial charge >= 0.3 is 0 Å². The quantitative estimate of drug-likeness (QED) is 0.771. The number of hydrogen-bond donors (Lipinski definition) is 1. The Hall–Kier alpha value is -1.09. The summed E-state index contributed by atoms with van der Waals surface area (Å²) >= 11 is 0. The molecule has 0 aliphatic rings. The molecule has 0 radical (unpaired) electrons. The lowest BCUT2D eigenvalue weighted by Gasteiger charge is -2.05. The second-order valence-electron chi connectivity index (χ2n) is 2.77. The number of ether oxygens (including phenoxy) is 1. The van der Waals surface area contributed by atoms with E-state index in [2.05, 4.69) is 0 Å². The summed E-state index contributed by atoms with van der Waals surface area (Å²) in [6.45, 7) is 2.94. The monoisotopic (exact) mass is 183 g/mol. The van der Waals surface area contributed by atoms with Crippen LogP contribution in [-0.4, -0.2) is 13.2 Å². The van der Waals surface area contributed by atoms with Gasteiger partial charge in [-0.2, -0.15) is 0 Å². The lowest BCUT2D eigenvalue weighted by atomic mass is 10.1. The van der Waals surface area contributed by atoms with Crippen LogP contribution in [0.2, 0.25) is 0 Å². The number of hydrogen-bond acceptors (Lipinski definition) is 2. The van der Waals surface area contributed by atoms with Crippen molar-refractivity contribution in [1.82, 2.24) is 0 Å². The van der Waals surface area contributed by atoms with Gasteiger partial charge in [0.15, 0.2) is 0 Å². The van der Waals surface area contributed by atoms with Crippen LogP contribution in [0.25, 0.3) is 0 Å². The van der Waals surface area contributed by atoms with Gasteiger partial charge in [-0.25, -0.2) is 4.39 Å². The van der Waals surface area contributed by atoms with Crippen molar-refractivity contribution >= 4 is 0 Å². The summed E-state index contributed by atoms with van der Waals surface area (Å²) in [4.78, 5) is 0. The molecule has 0 unspecified atom stereocenters. The normalized spacial score (nSPS) is 10.1. The molecule has 1 rings (SSSR count). The van der Waals surface area contributed by atoms with Crippen LogP contribution in [0.3, 0.4) is 0 Å². The zero-order chi connectivity index (χ0) is 9.68. The average Bonchev–Trinajstić information content (AvgIpc) is 2.04. The lowest BCUT2D eigenvalue weighted by molar-refractivity contribution is 0.338. The van der Waals surface area contributed by atoms with Gasteiger partial charge in [-0.3, -0.25) is 0 Å². The molecule has 0 atom stereocenters. The lowest BCUT2D eigenvalue weighted by Crippen LogP contribution is -2.03. The molecule has 72 valence electrons. The minimum absolute atomic E-state index is 0.269. The maximum absolute atomic E-state index is 13.0. The van der Waals surface area contributed by atoms with Crippen LogP contribution in [0.4, 0.5) is 4.39 Å². The third kappa shape index (κ3) is 3.03. The van der Waals surface area contributed by atoms with Crippen molar-refractivity contribution in [2.24, 2.45) is 5.73 Å². The van der Waals surface area contributed by atoms with Gasteiger partial charge in [-0.1, -0.05) is 0 Å². The maximum Gasteiger partial charge on any atom is 0.127 e. The summed E-state index contributed by atoms with van der Waals surface area (Å²) in [5, 5.41) is 0. The van der Waals surface area contributed by atoms with E-state index >= 15 is 0 Å². The predicted octanol–water partition coefficient (Wildman–Crippen LogP) is 1.73. The zero-order valence-corrected chi connectivity index (χ0v) is 7.72. The topological polar surface area (TPSA) is 35.2 Å². The first kappa shape index (κ1) is 9.99. The maximum atomic E-state index is 13.0. The second kappa shape index (κ2) is 4.82. The van der Waals surface area contributed by atoms with Crippen LogP contribution in [0.5, 0.6) is 5.75 Å². The number of rotatable bonds is 4. The van der Waals surface area contributed by atoms with E-state index in [1.54, 1.807) is 0 Å². The van der Waals surface area contributed by atoms with E-state index in [0.29, 0.717) is 25.3 Å². The summed E-state index contributed by atoms with van der Waals surface area (Å²) < 4.78 is 18.1. The first-order valence-corrected chi connectivity index (χ1v) is 4.38. The van der Waals surface area contributed by atoms with Crippen LogP contribution in [0.1, 0.15) is 12.5 Å². The summed E-state index contributed by atoms with van der Waals surface area (Å²) in [6, 6.07) is 4.68. The van der Waals surface area contributed by atoms with Crippen LogP contribution in [-0.2, 0) is 6.42 Å². The van der Waals surface area contributed by atoms with Gasteiger partial charge in [0, 0.05) is 6.07 Å². The van der Waals surface area contributed by atoms with Crippen molar-refractivity contribution in [3.63, 3.8) is 0 Å². The molecule has 0 spiro atoms. The van der Waals surface area contributed by atoms with Crippen molar-refractivity contribution in [3.8, 4) is 5.75 Å². The van der Waals surface area contributed by atoms with E-state index in [1.807, 2.05) is 13.0 Å². The molecule has 0 saturated carbocycles. The molecule has 0 fully saturated rings. The predicted molar refractivity (Wildman–Crippen MR) is 50.3 cm³/mol. The Labute approximate surface area is 77.5 Å². The highest BCUT2D eigenvalue weighted by Crippen LogP contribution is 2.16. The van der Waals surface area contributed by atoms with E-state index in [9.17, 15) is 4.39 Å². The fraction of sp³-hybridized carbons (Fsp3) is 0.400. The first-order chi connectivity index (χ1) is 6.26. The molecule has 1 aromatic carbocycles. The molecule has 2 nitrogen and oxygen atoms in total. The molecule has 13 heavy (non-hydrogen) atoms. The Morgan fingerprint density at radius 3 is 2.77 bits per heavy atom. The number of halogens is 1. The van der Waals surface area contributed by atoms with Gasteiger partial charge in [-0.15, -0.1) is 0 Å². The van der Waals surface area contributed by atoms with Crippen LogP contribution in [0, 0.1) is 5.82 Å². The van der Waals surface area contributed by atoms with E-state index in [1.165, 1.54) is 12.1 Å². The van der Waals surface area contributed by atoms with E-state index in [-0.39, 0.29) is 5.82 Å². The Kier molecular flexibility index (Phi) is 3.71. The molecule has 3 heteroatoms. The Balaban J connectivity index is 2.83. The highest BCUT2D eigenvalue weighted by Gasteiger charge is 2.00. The summed E-state index contributed by atoms with van der Waals surface area (Å²) in [6.07, 6.45) is 0.678. The molecule has 0 saturated heterocycles. The summed E-state index contributed by atoms with van der Waals surface area (Å²) in [7, 11) is 0. The van der Waals surface area contributed by atoms with Gasteiger partial charge in [0.05, 0.1) is 6.61 Å². The van der Waals surface area contributed by atoms with Gasteiger partial charge in [0.25, 0.3) is 0 Å². The van der Waals surface area contributed by atoms with Crippen molar-refractivity contribution in [2.75, 3.05) is 13.2 Å². The molecular weight excluding hydrogens is 169 g/mol. The third-order valence-corrected chi connectivity index (χ3v) is 1.68. The molecule has 2 N–H and O–H groups in total. The Morgan fingerprint density at radius 2 is 2.15 bits per heavy atom. The van der Waals surface area contributed by atoms with Crippen molar-refractivity contribution in [2.45, 2.75) is 13.3 Å². The number of benzene rings is 1. The fourth-order valence-corrected chi connectivity index (χ4v) is 1.18. The van der Waals surface area contributed by atoms with Crippen LogP contribution < -0.4 is 10.5 Å². The Morgan fingerprint density at radius 1 is 1.38 bits per heavy atom. The molecule has 0 amide bonds. The molecule has 0 aliphatic heterocycles. The van der Waals surface area contributed by atoms with Gasteiger partial charge in [0.2, 0.25) is 0 Å². The first-order valence-electron chi connectivity index (χ1n) is 4.38. The minimum Gasteiger partial charge on any atom is -0.494 e. The SMILES string of the molecule is CCOc1cc(F)cc(CCN)c1. The standard InChI is InChI=1S/C10H14FNO/c1-2-13-10-6-8(3-4-12)5-9(11)7-10/h5-7H,2-4,12H2,1H3. The van der Waals surface area contributed by atoms with Gasteiger partial charge < -0.3 is 10.5 Å². The minimum atomic E-state index is -0.269. The summed E-state index contributed by atoms with van der Waals surface area (Å²) in [5.41, 5.74) is 6.25. The van der Waals surface area contributed by atoms with Crippen molar-refractivity contribution < 1.29 is 9.13 Å². The van der Waals surface area contributed by atoms with Crippen molar-refractivity contribution in [1.29, 1.82) is 0 Å². The average molecular weight is 183 g/mol. The third-order valence-electron chi connectivity index (χ3n) is 1.68.